The topological polar surface area (TPSA) is 94.7 Å². The molecule has 130 valence electrons. The van der Waals surface area contributed by atoms with E-state index in [0.29, 0.717) is 24.9 Å². The minimum Gasteiger partial charge on any atom is -0.423 e. The molecule has 2 saturated heterocycles. The van der Waals surface area contributed by atoms with Crippen LogP contribution in [-0.4, -0.2) is 50.5 Å². The number of allylic oxidation sites excluding steroid dienone is 1. The number of piperidine rings is 1. The lowest BCUT2D eigenvalue weighted by atomic mass is 9.85. The molecular weight excluding hydrogens is 310 g/mol. The number of rotatable bonds is 5. The Hall–Kier alpha value is -2.09. The Balaban J connectivity index is 1.54. The molecule has 4 rings (SSSR count). The number of hydrogen-bond acceptors (Lipinski definition) is 6. The van der Waals surface area contributed by atoms with E-state index in [1.807, 2.05) is 13.8 Å². The molecule has 3 aliphatic rings. The highest BCUT2D eigenvalue weighted by molar-refractivity contribution is 5.77. The normalized spacial score (nSPS) is 28.4. The van der Waals surface area contributed by atoms with Gasteiger partial charge in [0.1, 0.15) is 6.04 Å². The molecule has 1 aromatic heterocycles. The van der Waals surface area contributed by atoms with Gasteiger partial charge >= 0.3 is 6.03 Å². The number of carbonyl (C=O) groups is 1. The summed E-state index contributed by atoms with van der Waals surface area (Å²) in [6.07, 6.45) is 2.85. The third-order valence-corrected chi connectivity index (χ3v) is 5.55. The Kier molecular flexibility index (Phi) is 3.35. The van der Waals surface area contributed by atoms with Crippen molar-refractivity contribution < 1.29 is 14.4 Å². The number of nitrogens with one attached hydrogen (secondary N) is 1. The summed E-state index contributed by atoms with van der Waals surface area (Å²) >= 11 is 0. The molecule has 3 heterocycles. The first-order valence-electron chi connectivity index (χ1n) is 8.43. The van der Waals surface area contributed by atoms with Crippen molar-refractivity contribution in [2.75, 3.05) is 13.1 Å². The van der Waals surface area contributed by atoms with Crippen molar-refractivity contribution in [1.29, 1.82) is 0 Å². The van der Waals surface area contributed by atoms with E-state index in [2.05, 4.69) is 22.1 Å². The van der Waals surface area contributed by atoms with Gasteiger partial charge in [-0.3, -0.25) is 5.21 Å². The van der Waals surface area contributed by atoms with E-state index < -0.39 is 0 Å². The van der Waals surface area contributed by atoms with Crippen LogP contribution >= 0.6 is 0 Å². The van der Waals surface area contributed by atoms with Crippen LogP contribution in [0.3, 0.4) is 0 Å². The van der Waals surface area contributed by atoms with Gasteiger partial charge in [-0.2, -0.15) is 0 Å². The molecule has 1 aromatic rings. The van der Waals surface area contributed by atoms with Crippen LogP contribution in [0.4, 0.5) is 4.79 Å². The molecular formula is C16H23N5O3. The third kappa shape index (κ3) is 2.28. The molecule has 8 nitrogen and oxygen atoms in total. The number of hydroxylamine groups is 2. The maximum Gasteiger partial charge on any atom is 0.344 e. The molecule has 0 unspecified atom stereocenters. The summed E-state index contributed by atoms with van der Waals surface area (Å²) in [5.74, 6) is 1.08. The Bertz CT molecular complexity index is 683. The van der Waals surface area contributed by atoms with Gasteiger partial charge in [-0.25, -0.2) is 9.86 Å². The molecule has 2 N–H and O–H groups in total. The fourth-order valence-corrected chi connectivity index (χ4v) is 3.87. The first kappa shape index (κ1) is 15.4. The number of carbonyl (C=O) groups excluding carboxylic acids is 1. The maximum absolute atomic E-state index is 12.3. The molecule has 1 aliphatic carbocycles. The van der Waals surface area contributed by atoms with Crippen LogP contribution < -0.4 is 5.32 Å². The van der Waals surface area contributed by atoms with Crippen LogP contribution in [0, 0.1) is 5.41 Å². The lowest BCUT2D eigenvalue weighted by Crippen LogP contribution is -2.41. The van der Waals surface area contributed by atoms with Crippen molar-refractivity contribution in [1.82, 2.24) is 25.5 Å². The number of nitrogens with zero attached hydrogens (tertiary/aromatic N) is 4. The van der Waals surface area contributed by atoms with Crippen LogP contribution in [0.5, 0.6) is 0 Å². The Morgan fingerprint density at radius 3 is 2.96 bits per heavy atom. The Labute approximate surface area is 140 Å². The molecule has 0 radical (unpaired) electrons. The second-order valence-electron chi connectivity index (χ2n) is 7.42. The molecule has 1 spiro atoms. The quantitative estimate of drug-likeness (QED) is 0.801. The van der Waals surface area contributed by atoms with Gasteiger partial charge in [0.25, 0.3) is 0 Å². The number of fused-ring (bicyclic) bond motifs is 3. The molecule has 0 aromatic carbocycles. The second-order valence-corrected chi connectivity index (χ2v) is 7.42. The predicted molar refractivity (Wildman–Crippen MR) is 84.1 cm³/mol. The highest BCUT2D eigenvalue weighted by Gasteiger charge is 2.63. The molecule has 2 aliphatic heterocycles. The van der Waals surface area contributed by atoms with Gasteiger partial charge in [-0.15, -0.1) is 10.2 Å². The van der Waals surface area contributed by atoms with Gasteiger partial charge in [0.2, 0.25) is 11.8 Å². The number of urea groups is 1. The standard InChI is InChI=1S/C16H23N5O3/c1-9(2)17-7-10(3)13-18-19-14(24-13)11-6-16(4-5-16)12-8-20(11)15(22)21(12)23/h10-12,17,23H,1,4-8H2,2-3H3/t10-,11-,12-/m0/s1. The van der Waals surface area contributed by atoms with Crippen molar-refractivity contribution in [2.24, 2.45) is 5.41 Å². The van der Waals surface area contributed by atoms with Gasteiger partial charge < -0.3 is 14.6 Å². The van der Waals surface area contributed by atoms with Crippen LogP contribution in [0.2, 0.25) is 0 Å². The van der Waals surface area contributed by atoms with E-state index in [-0.39, 0.29) is 29.4 Å². The SMILES string of the molecule is C=C(C)NC[C@H](C)c1nnc([C@@H]2CC3(CC3)[C@@H]3CN2C(=O)N3O)o1. The largest absolute Gasteiger partial charge is 0.423 e. The van der Waals surface area contributed by atoms with Gasteiger partial charge in [-0.1, -0.05) is 13.5 Å². The summed E-state index contributed by atoms with van der Waals surface area (Å²) < 4.78 is 5.89. The van der Waals surface area contributed by atoms with E-state index >= 15 is 0 Å². The van der Waals surface area contributed by atoms with Crippen LogP contribution in [0.15, 0.2) is 16.7 Å². The molecule has 1 saturated carbocycles. The van der Waals surface area contributed by atoms with Crippen molar-refractivity contribution in [2.45, 2.75) is 51.1 Å². The summed E-state index contributed by atoms with van der Waals surface area (Å²) in [6.45, 7) is 8.92. The van der Waals surface area contributed by atoms with Crippen molar-refractivity contribution in [3.05, 3.63) is 24.1 Å². The van der Waals surface area contributed by atoms with Gasteiger partial charge in [0.15, 0.2) is 0 Å². The monoisotopic (exact) mass is 333 g/mol. The van der Waals surface area contributed by atoms with Crippen LogP contribution in [-0.2, 0) is 0 Å². The molecule has 2 bridgehead atoms. The smallest absolute Gasteiger partial charge is 0.344 e. The molecule has 24 heavy (non-hydrogen) atoms. The summed E-state index contributed by atoms with van der Waals surface area (Å²) in [5.41, 5.74) is 0.908. The highest BCUT2D eigenvalue weighted by Crippen LogP contribution is 2.61. The Morgan fingerprint density at radius 1 is 1.54 bits per heavy atom. The first-order valence-corrected chi connectivity index (χ1v) is 8.43. The van der Waals surface area contributed by atoms with Crippen LogP contribution in [0.1, 0.15) is 56.9 Å². The summed E-state index contributed by atoms with van der Waals surface area (Å²) in [5, 5.41) is 22.5. The van der Waals surface area contributed by atoms with Crippen molar-refractivity contribution >= 4 is 6.03 Å². The van der Waals surface area contributed by atoms with Crippen molar-refractivity contribution in [3.63, 3.8) is 0 Å². The van der Waals surface area contributed by atoms with Gasteiger partial charge in [-0.05, 0) is 31.6 Å². The van der Waals surface area contributed by atoms with Crippen molar-refractivity contribution in [3.8, 4) is 0 Å². The predicted octanol–water partition coefficient (Wildman–Crippen LogP) is 2.02. The summed E-state index contributed by atoms with van der Waals surface area (Å²) in [7, 11) is 0. The average molecular weight is 333 g/mol. The minimum atomic E-state index is -0.356. The van der Waals surface area contributed by atoms with Gasteiger partial charge in [0, 0.05) is 18.8 Å². The van der Waals surface area contributed by atoms with E-state index in [9.17, 15) is 10.0 Å². The minimum absolute atomic E-state index is 0.0177. The molecule has 3 fully saturated rings. The zero-order chi connectivity index (χ0) is 17.1. The number of hydrogen-bond donors (Lipinski definition) is 2. The molecule has 3 atom stereocenters. The van der Waals surface area contributed by atoms with E-state index in [0.717, 1.165) is 30.0 Å². The molecule has 2 amide bonds. The average Bonchev–Trinajstić information content (AvgIpc) is 3.05. The van der Waals surface area contributed by atoms with E-state index in [1.54, 1.807) is 4.90 Å². The lowest BCUT2D eigenvalue weighted by Gasteiger charge is -2.34. The van der Waals surface area contributed by atoms with E-state index in [4.69, 9.17) is 4.42 Å². The zero-order valence-electron chi connectivity index (χ0n) is 14.0. The number of amides is 2. The van der Waals surface area contributed by atoms with Gasteiger partial charge in [0.05, 0.1) is 12.0 Å². The fraction of sp³-hybridized carbons (Fsp3) is 0.688. The maximum atomic E-state index is 12.3. The Morgan fingerprint density at radius 2 is 2.29 bits per heavy atom. The lowest BCUT2D eigenvalue weighted by molar-refractivity contribution is -0.0783. The highest BCUT2D eigenvalue weighted by atomic mass is 16.5. The fourth-order valence-electron chi connectivity index (χ4n) is 3.87. The number of aromatic nitrogens is 2. The van der Waals surface area contributed by atoms with Crippen LogP contribution in [0.25, 0.3) is 0 Å². The zero-order valence-corrected chi connectivity index (χ0v) is 14.0. The van der Waals surface area contributed by atoms with E-state index in [1.165, 1.54) is 0 Å². The summed E-state index contributed by atoms with van der Waals surface area (Å²) in [4.78, 5) is 14.0. The third-order valence-electron chi connectivity index (χ3n) is 5.55. The second kappa shape index (κ2) is 5.20. The summed E-state index contributed by atoms with van der Waals surface area (Å²) in [6, 6.07) is -0.691. The molecule has 8 heteroatoms. The first-order chi connectivity index (χ1) is 11.4.